The quantitative estimate of drug-likeness (QED) is 0.600. The number of phenolic OH excluding ortho intramolecular Hbond substituents is 1. The van der Waals surface area contributed by atoms with E-state index in [9.17, 15) is 5.11 Å². The lowest BCUT2D eigenvalue weighted by Crippen LogP contribution is -1.83. The number of nitrogens with two attached hydrogens (primary N) is 1. The molecule has 2 aromatic carbocycles. The first-order chi connectivity index (χ1) is 9.58. The Morgan fingerprint density at radius 1 is 1.00 bits per heavy atom. The number of aromatic hydroxyl groups is 1. The van der Waals surface area contributed by atoms with E-state index in [1.165, 1.54) is 0 Å². The molecule has 3 rings (SSSR count). The van der Waals surface area contributed by atoms with E-state index in [0.29, 0.717) is 21.2 Å². The van der Waals surface area contributed by atoms with Gasteiger partial charge in [-0.1, -0.05) is 41.4 Å². The predicted octanol–water partition coefficient (Wildman–Crippen LogP) is 4.52. The van der Waals surface area contributed by atoms with Crippen molar-refractivity contribution in [2.75, 3.05) is 5.73 Å². The molecule has 3 nitrogen and oxygen atoms in total. The minimum atomic E-state index is 0.239. The first-order valence-corrected chi connectivity index (χ1v) is 6.57. The molecule has 0 atom stereocenters. The van der Waals surface area contributed by atoms with Crippen LogP contribution in [0.4, 0.5) is 5.69 Å². The second-order valence-corrected chi connectivity index (χ2v) is 4.86. The molecule has 0 unspecified atom stereocenters. The van der Waals surface area contributed by atoms with E-state index in [1.54, 1.807) is 36.5 Å². The van der Waals surface area contributed by atoms with Crippen LogP contribution in [0.2, 0.25) is 10.0 Å². The van der Waals surface area contributed by atoms with Crippen LogP contribution >= 0.6 is 23.2 Å². The third-order valence-corrected chi connectivity index (χ3v) is 3.15. The summed E-state index contributed by atoms with van der Waals surface area (Å²) in [6.45, 7) is 0. The van der Waals surface area contributed by atoms with Gasteiger partial charge in [0.1, 0.15) is 11.3 Å². The maximum atomic E-state index is 9.31. The molecule has 1 aromatic heterocycles. The second-order valence-electron chi connectivity index (χ2n) is 4.02. The summed E-state index contributed by atoms with van der Waals surface area (Å²) in [7, 11) is 0. The Kier molecular flexibility index (Phi) is 4.66. The van der Waals surface area contributed by atoms with Crippen LogP contribution in [0.1, 0.15) is 0 Å². The molecule has 20 heavy (non-hydrogen) atoms. The minimum Gasteiger partial charge on any atom is -0.506 e. The predicted molar refractivity (Wildman–Crippen MR) is 84.3 cm³/mol. The number of aromatic nitrogens is 1. The van der Waals surface area contributed by atoms with E-state index in [-0.39, 0.29) is 5.75 Å². The summed E-state index contributed by atoms with van der Waals surface area (Å²) in [6, 6.07) is 14.1. The number of hydrogen-bond acceptors (Lipinski definition) is 3. The maximum absolute atomic E-state index is 9.31. The molecule has 0 fully saturated rings. The summed E-state index contributed by atoms with van der Waals surface area (Å²) < 4.78 is 0. The summed E-state index contributed by atoms with van der Waals surface area (Å²) in [6.07, 6.45) is 1.67. The van der Waals surface area contributed by atoms with Crippen molar-refractivity contribution < 1.29 is 5.11 Å². The van der Waals surface area contributed by atoms with E-state index in [0.717, 1.165) is 5.39 Å². The fourth-order valence-electron chi connectivity index (χ4n) is 1.60. The molecule has 0 aliphatic rings. The lowest BCUT2D eigenvalue weighted by Gasteiger charge is -1.96. The number of anilines is 1. The van der Waals surface area contributed by atoms with E-state index in [4.69, 9.17) is 28.9 Å². The van der Waals surface area contributed by atoms with Crippen LogP contribution in [-0.4, -0.2) is 10.1 Å². The largest absolute Gasteiger partial charge is 0.506 e. The van der Waals surface area contributed by atoms with Crippen LogP contribution in [0.25, 0.3) is 10.9 Å². The topological polar surface area (TPSA) is 59.1 Å². The summed E-state index contributed by atoms with van der Waals surface area (Å²) in [5, 5.41) is 11.4. The Morgan fingerprint density at radius 2 is 1.75 bits per heavy atom. The zero-order valence-corrected chi connectivity index (χ0v) is 11.9. The number of phenols is 1. The molecule has 102 valence electrons. The van der Waals surface area contributed by atoms with Crippen molar-refractivity contribution in [1.82, 2.24) is 4.98 Å². The Hall–Kier alpha value is -1.97. The fraction of sp³-hybridized carbons (Fsp3) is 0. The number of nitrogens with zero attached hydrogens (tertiary/aromatic N) is 1. The SMILES string of the molecule is Nc1cc(Cl)ccc1Cl.Oc1cccc2cccnc12. The van der Waals surface area contributed by atoms with Gasteiger partial charge in [-0.25, -0.2) is 0 Å². The molecule has 1 heterocycles. The maximum Gasteiger partial charge on any atom is 0.141 e. The van der Waals surface area contributed by atoms with Crippen LogP contribution in [0.15, 0.2) is 54.7 Å². The van der Waals surface area contributed by atoms with Crippen molar-refractivity contribution in [3.8, 4) is 5.75 Å². The molecule has 0 radical (unpaired) electrons. The highest BCUT2D eigenvalue weighted by Gasteiger charge is 1.96. The van der Waals surface area contributed by atoms with Crippen molar-refractivity contribution in [1.29, 1.82) is 0 Å². The monoisotopic (exact) mass is 306 g/mol. The minimum absolute atomic E-state index is 0.239. The second kappa shape index (κ2) is 6.46. The van der Waals surface area contributed by atoms with Crippen LogP contribution in [-0.2, 0) is 0 Å². The Bertz CT molecular complexity index is 727. The normalized spacial score (nSPS) is 9.90. The third kappa shape index (κ3) is 3.53. The molecule has 0 amide bonds. The van der Waals surface area contributed by atoms with E-state index >= 15 is 0 Å². The van der Waals surface area contributed by atoms with Gasteiger partial charge in [0.2, 0.25) is 0 Å². The standard InChI is InChI=1S/C9H7NO.C6H5Cl2N/c11-8-5-1-3-7-4-2-6-10-9(7)8;7-4-1-2-5(8)6(9)3-4/h1-6,11H;1-3H,9H2. The van der Waals surface area contributed by atoms with E-state index < -0.39 is 0 Å². The average molecular weight is 307 g/mol. The van der Waals surface area contributed by atoms with Gasteiger partial charge in [-0.2, -0.15) is 0 Å². The molecule has 0 aliphatic heterocycles. The van der Waals surface area contributed by atoms with E-state index in [1.807, 2.05) is 18.2 Å². The Labute approximate surface area is 126 Å². The lowest BCUT2D eigenvalue weighted by molar-refractivity contribution is 0.480. The van der Waals surface area contributed by atoms with Crippen LogP contribution in [0, 0.1) is 0 Å². The van der Waals surface area contributed by atoms with Gasteiger partial charge >= 0.3 is 0 Å². The smallest absolute Gasteiger partial charge is 0.141 e. The molecule has 3 aromatic rings. The molecule has 0 aliphatic carbocycles. The van der Waals surface area contributed by atoms with Gasteiger partial charge in [-0.15, -0.1) is 0 Å². The van der Waals surface area contributed by atoms with Gasteiger partial charge < -0.3 is 10.8 Å². The van der Waals surface area contributed by atoms with Crippen molar-refractivity contribution in [2.45, 2.75) is 0 Å². The summed E-state index contributed by atoms with van der Waals surface area (Å²) in [5.41, 5.74) is 6.58. The molecular formula is C15H12Cl2N2O. The number of rotatable bonds is 0. The van der Waals surface area contributed by atoms with Crippen molar-refractivity contribution >= 4 is 39.8 Å². The number of nitrogen functional groups attached to an aromatic ring is 1. The van der Waals surface area contributed by atoms with Crippen LogP contribution < -0.4 is 5.73 Å². The summed E-state index contributed by atoms with van der Waals surface area (Å²) >= 11 is 11.2. The molecule has 0 saturated carbocycles. The molecular weight excluding hydrogens is 295 g/mol. The third-order valence-electron chi connectivity index (χ3n) is 2.57. The van der Waals surface area contributed by atoms with Gasteiger partial charge in [0.05, 0.1) is 10.7 Å². The number of pyridine rings is 1. The van der Waals surface area contributed by atoms with Gasteiger partial charge in [0.25, 0.3) is 0 Å². The first-order valence-electron chi connectivity index (χ1n) is 5.81. The van der Waals surface area contributed by atoms with E-state index in [2.05, 4.69) is 4.98 Å². The highest BCUT2D eigenvalue weighted by atomic mass is 35.5. The number of benzene rings is 2. The first kappa shape index (κ1) is 14.4. The average Bonchev–Trinajstić information content (AvgIpc) is 2.45. The summed E-state index contributed by atoms with van der Waals surface area (Å²) in [5.74, 6) is 0.239. The fourth-order valence-corrected chi connectivity index (χ4v) is 1.90. The highest BCUT2D eigenvalue weighted by Crippen LogP contribution is 2.22. The highest BCUT2D eigenvalue weighted by molar-refractivity contribution is 6.35. The zero-order chi connectivity index (χ0) is 14.5. The lowest BCUT2D eigenvalue weighted by atomic mass is 10.2. The van der Waals surface area contributed by atoms with Gasteiger partial charge in [-0.3, -0.25) is 4.98 Å². The molecule has 0 spiro atoms. The van der Waals surface area contributed by atoms with Crippen LogP contribution in [0.3, 0.4) is 0 Å². The number of fused-ring (bicyclic) bond motifs is 1. The van der Waals surface area contributed by atoms with Crippen molar-refractivity contribution in [3.63, 3.8) is 0 Å². The van der Waals surface area contributed by atoms with Crippen LogP contribution in [0.5, 0.6) is 5.75 Å². The number of hydrogen-bond donors (Lipinski definition) is 2. The molecule has 0 bridgehead atoms. The van der Waals surface area contributed by atoms with Gasteiger partial charge in [0.15, 0.2) is 0 Å². The Morgan fingerprint density at radius 3 is 2.40 bits per heavy atom. The van der Waals surface area contributed by atoms with Gasteiger partial charge in [0, 0.05) is 16.6 Å². The molecule has 0 saturated heterocycles. The molecule has 5 heteroatoms. The van der Waals surface area contributed by atoms with Crippen molar-refractivity contribution in [2.24, 2.45) is 0 Å². The number of halogens is 2. The molecule has 3 N–H and O–H groups in total. The van der Waals surface area contributed by atoms with Gasteiger partial charge in [-0.05, 0) is 30.3 Å². The Balaban J connectivity index is 0.000000151. The zero-order valence-electron chi connectivity index (χ0n) is 10.4. The number of para-hydroxylation sites is 1. The van der Waals surface area contributed by atoms with Crippen molar-refractivity contribution in [3.05, 3.63) is 64.8 Å². The summed E-state index contributed by atoms with van der Waals surface area (Å²) in [4.78, 5) is 4.03.